The van der Waals surface area contributed by atoms with E-state index in [0.29, 0.717) is 5.92 Å². The first-order chi connectivity index (χ1) is 13.0. The van der Waals surface area contributed by atoms with Crippen LogP contribution in [0, 0.1) is 0 Å². The molecule has 0 bridgehead atoms. The van der Waals surface area contributed by atoms with Gasteiger partial charge in [-0.1, -0.05) is 98.8 Å². The summed E-state index contributed by atoms with van der Waals surface area (Å²) in [5, 5.41) is 0. The Morgan fingerprint density at radius 2 is 1.44 bits per heavy atom. The molecule has 0 fully saturated rings. The third-order valence-corrected chi connectivity index (χ3v) is 4.83. The molecule has 0 heteroatoms. The highest BCUT2D eigenvalue weighted by Gasteiger charge is 2.15. The van der Waals surface area contributed by atoms with Crippen molar-refractivity contribution in [3.63, 3.8) is 0 Å². The summed E-state index contributed by atoms with van der Waals surface area (Å²) in [6, 6.07) is 24.0. The Balaban J connectivity index is 2.23. The summed E-state index contributed by atoms with van der Waals surface area (Å²) >= 11 is 0. The molecule has 3 aromatic rings. The third-order valence-electron chi connectivity index (χ3n) is 4.83. The van der Waals surface area contributed by atoms with E-state index in [2.05, 4.69) is 107 Å². The fourth-order valence-corrected chi connectivity index (χ4v) is 3.67. The molecule has 0 unspecified atom stereocenters. The van der Waals surface area contributed by atoms with Crippen molar-refractivity contribution >= 4 is 12.2 Å². The first kappa shape index (κ1) is 18.9. The lowest BCUT2D eigenvalue weighted by molar-refractivity contribution is 0.871. The van der Waals surface area contributed by atoms with Gasteiger partial charge in [-0.25, -0.2) is 0 Å². The molecule has 136 valence electrons. The zero-order valence-electron chi connectivity index (χ0n) is 16.8. The molecule has 0 amide bonds. The first-order valence-electron chi connectivity index (χ1n) is 9.61. The van der Waals surface area contributed by atoms with Crippen LogP contribution in [-0.2, 0) is 0 Å². The zero-order valence-corrected chi connectivity index (χ0v) is 16.8. The second-order valence-corrected chi connectivity index (χ2v) is 7.56. The van der Waals surface area contributed by atoms with Crippen LogP contribution in [-0.4, -0.2) is 0 Å². The monoisotopic (exact) mass is 352 g/mol. The van der Waals surface area contributed by atoms with E-state index < -0.39 is 0 Å². The maximum atomic E-state index is 3.97. The number of rotatable bonds is 5. The van der Waals surface area contributed by atoms with Crippen molar-refractivity contribution in [2.75, 3.05) is 0 Å². The van der Waals surface area contributed by atoms with Crippen molar-refractivity contribution in [2.45, 2.75) is 33.6 Å². The van der Waals surface area contributed by atoms with Gasteiger partial charge in [-0.05, 0) is 64.8 Å². The van der Waals surface area contributed by atoms with Gasteiger partial charge in [-0.3, -0.25) is 0 Å². The second kappa shape index (κ2) is 8.22. The van der Waals surface area contributed by atoms with Crippen LogP contribution in [0.4, 0.5) is 0 Å². The van der Waals surface area contributed by atoms with Gasteiger partial charge in [0.05, 0.1) is 0 Å². The minimum atomic E-state index is 0.433. The zero-order chi connectivity index (χ0) is 19.4. The topological polar surface area (TPSA) is 0 Å². The molecule has 27 heavy (non-hydrogen) atoms. The molecule has 0 aliphatic heterocycles. The van der Waals surface area contributed by atoms with Crippen LogP contribution in [0.3, 0.4) is 0 Å². The third kappa shape index (κ3) is 4.11. The summed E-state index contributed by atoms with van der Waals surface area (Å²) in [5.41, 5.74) is 10.2. The van der Waals surface area contributed by atoms with Crippen LogP contribution in [0.5, 0.6) is 0 Å². The maximum Gasteiger partial charge on any atom is -0.0143 e. The average molecular weight is 353 g/mol. The summed E-state index contributed by atoms with van der Waals surface area (Å²) in [5.74, 6) is 0.433. The van der Waals surface area contributed by atoms with Crippen LogP contribution < -0.4 is 0 Å². The van der Waals surface area contributed by atoms with E-state index >= 15 is 0 Å². The Kier molecular flexibility index (Phi) is 5.76. The van der Waals surface area contributed by atoms with E-state index in [4.69, 9.17) is 0 Å². The van der Waals surface area contributed by atoms with Crippen LogP contribution in [0.2, 0.25) is 0 Å². The molecule has 0 spiro atoms. The number of allylic oxidation sites excluding steroid dienone is 1. The van der Waals surface area contributed by atoms with E-state index in [9.17, 15) is 0 Å². The predicted molar refractivity (Wildman–Crippen MR) is 121 cm³/mol. The molecule has 0 atom stereocenters. The molecule has 0 radical (unpaired) electrons. The molecule has 0 aliphatic carbocycles. The average Bonchev–Trinajstić information content (AvgIpc) is 2.67. The highest BCUT2D eigenvalue weighted by Crippen LogP contribution is 2.38. The number of hydrogen-bond donors (Lipinski definition) is 0. The fraction of sp³-hybridized carbons (Fsp3) is 0.185. The minimum Gasteiger partial charge on any atom is -0.0984 e. The van der Waals surface area contributed by atoms with E-state index in [-0.39, 0.29) is 0 Å². The van der Waals surface area contributed by atoms with Crippen molar-refractivity contribution in [3.8, 4) is 22.3 Å². The predicted octanol–water partition coefficient (Wildman–Crippen LogP) is 8.21. The highest BCUT2D eigenvalue weighted by molar-refractivity contribution is 5.81. The van der Waals surface area contributed by atoms with Gasteiger partial charge in [0, 0.05) is 0 Å². The number of hydrogen-bond acceptors (Lipinski definition) is 0. The van der Waals surface area contributed by atoms with E-state index in [0.717, 1.165) is 0 Å². The van der Waals surface area contributed by atoms with Crippen LogP contribution in [0.15, 0.2) is 78.9 Å². The first-order valence-corrected chi connectivity index (χ1v) is 9.61. The number of benzene rings is 3. The van der Waals surface area contributed by atoms with Crippen molar-refractivity contribution in [1.29, 1.82) is 0 Å². The maximum absolute atomic E-state index is 3.97. The van der Waals surface area contributed by atoms with Gasteiger partial charge in [-0.2, -0.15) is 0 Å². The Morgan fingerprint density at radius 1 is 0.778 bits per heavy atom. The van der Waals surface area contributed by atoms with Crippen molar-refractivity contribution in [3.05, 3.63) is 95.6 Å². The van der Waals surface area contributed by atoms with Gasteiger partial charge >= 0.3 is 0 Å². The van der Waals surface area contributed by atoms with Gasteiger partial charge in [0.2, 0.25) is 0 Å². The molecule has 3 rings (SSSR count). The van der Waals surface area contributed by atoms with Crippen molar-refractivity contribution in [2.24, 2.45) is 0 Å². The lowest BCUT2D eigenvalue weighted by Crippen LogP contribution is -1.97. The molecule has 0 aliphatic rings. The van der Waals surface area contributed by atoms with Gasteiger partial charge in [0.15, 0.2) is 0 Å². The lowest BCUT2D eigenvalue weighted by atomic mass is 9.85. The Labute approximate surface area is 163 Å². The SMILES string of the molecule is C=Cc1ccc(-c2cccc(-c3ccccc3)c2C(C)C)cc1C=C(C)C. The molecule has 0 saturated heterocycles. The molecule has 0 saturated carbocycles. The van der Waals surface area contributed by atoms with Gasteiger partial charge in [0.1, 0.15) is 0 Å². The minimum absolute atomic E-state index is 0.433. The molecular formula is C27H28. The normalized spacial score (nSPS) is 10.7. The standard InChI is InChI=1S/C27H28/c1-6-21-15-16-23(18-24(21)17-19(2)3)26-14-10-13-25(27(26)20(4)5)22-11-8-7-9-12-22/h6-18,20H,1H2,2-5H3. The molecule has 0 nitrogen and oxygen atoms in total. The summed E-state index contributed by atoms with van der Waals surface area (Å²) in [6.45, 7) is 12.8. The molecule has 0 heterocycles. The Hall–Kier alpha value is -2.86. The summed E-state index contributed by atoms with van der Waals surface area (Å²) in [6.07, 6.45) is 4.17. The van der Waals surface area contributed by atoms with E-state index in [1.54, 1.807) is 0 Å². The molecule has 0 aromatic heterocycles. The summed E-state index contributed by atoms with van der Waals surface area (Å²) < 4.78 is 0. The van der Waals surface area contributed by atoms with Crippen LogP contribution in [0.1, 0.15) is 50.3 Å². The van der Waals surface area contributed by atoms with Gasteiger partial charge < -0.3 is 0 Å². The van der Waals surface area contributed by atoms with Gasteiger partial charge in [0.25, 0.3) is 0 Å². The molecule has 3 aromatic carbocycles. The molecular weight excluding hydrogens is 324 g/mol. The van der Waals surface area contributed by atoms with E-state index in [1.807, 2.05) is 6.08 Å². The van der Waals surface area contributed by atoms with Crippen LogP contribution in [0.25, 0.3) is 34.4 Å². The van der Waals surface area contributed by atoms with Gasteiger partial charge in [-0.15, -0.1) is 0 Å². The summed E-state index contributed by atoms with van der Waals surface area (Å²) in [4.78, 5) is 0. The largest absolute Gasteiger partial charge is 0.0984 e. The molecule has 0 N–H and O–H groups in total. The quantitative estimate of drug-likeness (QED) is 0.434. The fourth-order valence-electron chi connectivity index (χ4n) is 3.67. The van der Waals surface area contributed by atoms with Crippen LogP contribution >= 0.6 is 0 Å². The highest BCUT2D eigenvalue weighted by atomic mass is 14.2. The van der Waals surface area contributed by atoms with E-state index in [1.165, 1.54) is 44.5 Å². The Morgan fingerprint density at radius 3 is 2.04 bits per heavy atom. The smallest absolute Gasteiger partial charge is 0.0143 e. The van der Waals surface area contributed by atoms with Crippen molar-refractivity contribution in [1.82, 2.24) is 0 Å². The van der Waals surface area contributed by atoms with Crippen molar-refractivity contribution < 1.29 is 0 Å². The lowest BCUT2D eigenvalue weighted by Gasteiger charge is -2.19. The summed E-state index contributed by atoms with van der Waals surface area (Å²) in [7, 11) is 0. The second-order valence-electron chi connectivity index (χ2n) is 7.56. The Bertz CT molecular complexity index is 968.